The minimum Gasteiger partial charge on any atom is -0.507 e. The molecule has 5 nitrogen and oxygen atoms in total. The number of ketones is 1. The van der Waals surface area contributed by atoms with E-state index in [0.29, 0.717) is 5.56 Å². The van der Waals surface area contributed by atoms with Crippen LogP contribution in [0.15, 0.2) is 66.2 Å². The summed E-state index contributed by atoms with van der Waals surface area (Å²) in [4.78, 5) is 26.9. The highest BCUT2D eigenvalue weighted by atomic mass is 35.5. The van der Waals surface area contributed by atoms with Crippen LogP contribution in [-0.2, 0) is 9.59 Å². The van der Waals surface area contributed by atoms with Crippen molar-refractivity contribution in [3.63, 3.8) is 0 Å². The van der Waals surface area contributed by atoms with Gasteiger partial charge in [-0.1, -0.05) is 47.5 Å². The number of hydrogen-bond donors (Lipinski definition) is 2. The maximum absolute atomic E-state index is 13.9. The molecule has 1 fully saturated rings. The second kappa shape index (κ2) is 8.09. The summed E-state index contributed by atoms with van der Waals surface area (Å²) in [7, 11) is 0. The number of carbonyl (C=O) groups excluding carboxylic acids is 2. The summed E-state index contributed by atoms with van der Waals surface area (Å²) in [6.45, 7) is 1.85. The summed E-state index contributed by atoms with van der Waals surface area (Å²) in [6.07, 6.45) is 0. The third-order valence-electron chi connectivity index (χ3n) is 5.24. The Bertz CT molecular complexity index is 1290. The quantitative estimate of drug-likeness (QED) is 0.321. The molecule has 162 valence electrons. The van der Waals surface area contributed by atoms with Gasteiger partial charge in [-0.25, -0.2) is 8.78 Å². The number of benzene rings is 3. The molecule has 0 aromatic heterocycles. The van der Waals surface area contributed by atoms with E-state index in [0.717, 1.165) is 28.7 Å². The summed E-state index contributed by atoms with van der Waals surface area (Å²) >= 11 is 6.04. The molecule has 3 aromatic carbocycles. The fourth-order valence-corrected chi connectivity index (χ4v) is 3.80. The Labute approximate surface area is 186 Å². The van der Waals surface area contributed by atoms with Crippen LogP contribution >= 0.6 is 11.6 Å². The molecular formula is C24H16ClF2NO4. The van der Waals surface area contributed by atoms with E-state index >= 15 is 0 Å². The molecule has 0 aliphatic carbocycles. The van der Waals surface area contributed by atoms with Crippen LogP contribution in [0.1, 0.15) is 22.7 Å². The van der Waals surface area contributed by atoms with Gasteiger partial charge in [0.2, 0.25) is 0 Å². The summed E-state index contributed by atoms with van der Waals surface area (Å²) in [5, 5.41) is 20.7. The van der Waals surface area contributed by atoms with Crippen LogP contribution in [0.25, 0.3) is 5.76 Å². The SMILES string of the molecule is Cc1ccc(/C(O)=C2\C(=O)C(=O)N(c3ccc(F)c(F)c3)C2c2ccc(O)c(Cl)c2)cc1. The van der Waals surface area contributed by atoms with Gasteiger partial charge < -0.3 is 10.2 Å². The van der Waals surface area contributed by atoms with E-state index in [1.807, 2.05) is 6.92 Å². The molecule has 0 saturated carbocycles. The van der Waals surface area contributed by atoms with Gasteiger partial charge in [-0.3, -0.25) is 14.5 Å². The minimum atomic E-state index is -1.20. The largest absolute Gasteiger partial charge is 0.507 e. The molecule has 1 unspecified atom stereocenters. The first-order valence-corrected chi connectivity index (χ1v) is 9.88. The summed E-state index contributed by atoms with van der Waals surface area (Å²) < 4.78 is 27.4. The number of Topliss-reactive ketones (excluding diaryl/α,β-unsaturated/α-hetero) is 1. The van der Waals surface area contributed by atoms with Gasteiger partial charge in [0, 0.05) is 17.3 Å². The van der Waals surface area contributed by atoms with E-state index < -0.39 is 35.1 Å². The number of phenolic OH excluding ortho intramolecular Hbond substituents is 1. The van der Waals surface area contributed by atoms with Crippen molar-refractivity contribution in [1.82, 2.24) is 0 Å². The molecule has 8 heteroatoms. The highest BCUT2D eigenvalue weighted by Gasteiger charge is 2.47. The molecular weight excluding hydrogens is 440 g/mol. The van der Waals surface area contributed by atoms with Gasteiger partial charge in [-0.2, -0.15) is 0 Å². The molecule has 0 bridgehead atoms. The first kappa shape index (κ1) is 21.5. The number of hydrogen-bond acceptors (Lipinski definition) is 4. The van der Waals surface area contributed by atoms with Gasteiger partial charge in [0.25, 0.3) is 11.7 Å². The highest BCUT2D eigenvalue weighted by Crippen LogP contribution is 2.43. The zero-order valence-corrected chi connectivity index (χ0v) is 17.4. The molecule has 0 radical (unpaired) electrons. The van der Waals surface area contributed by atoms with E-state index in [-0.39, 0.29) is 27.6 Å². The lowest BCUT2D eigenvalue weighted by Crippen LogP contribution is -2.29. The highest BCUT2D eigenvalue weighted by molar-refractivity contribution is 6.51. The molecule has 1 amide bonds. The van der Waals surface area contributed by atoms with Gasteiger partial charge in [-0.05, 0) is 36.8 Å². The molecule has 1 heterocycles. The van der Waals surface area contributed by atoms with Crippen LogP contribution in [0.3, 0.4) is 0 Å². The van der Waals surface area contributed by atoms with Crippen molar-refractivity contribution in [3.8, 4) is 5.75 Å². The Balaban J connectivity index is 1.97. The number of aryl methyl sites for hydroxylation is 1. The first-order chi connectivity index (χ1) is 15.2. The number of aromatic hydroxyl groups is 1. The van der Waals surface area contributed by atoms with Crippen LogP contribution in [0.4, 0.5) is 14.5 Å². The number of anilines is 1. The van der Waals surface area contributed by atoms with Crippen molar-refractivity contribution in [1.29, 1.82) is 0 Å². The summed E-state index contributed by atoms with van der Waals surface area (Å²) in [5.74, 6) is -5.00. The van der Waals surface area contributed by atoms with Crippen LogP contribution in [-0.4, -0.2) is 21.9 Å². The first-order valence-electron chi connectivity index (χ1n) is 9.50. The predicted molar refractivity (Wildman–Crippen MR) is 115 cm³/mol. The topological polar surface area (TPSA) is 77.8 Å². The Morgan fingerprint density at radius 2 is 1.66 bits per heavy atom. The molecule has 1 saturated heterocycles. The van der Waals surface area contributed by atoms with Crippen LogP contribution < -0.4 is 4.90 Å². The normalized spacial score (nSPS) is 17.8. The second-order valence-corrected chi connectivity index (χ2v) is 7.75. The third-order valence-corrected chi connectivity index (χ3v) is 5.54. The monoisotopic (exact) mass is 455 g/mol. The van der Waals surface area contributed by atoms with Crippen molar-refractivity contribution < 1.29 is 28.6 Å². The standard InChI is InChI=1S/C24H16ClF2NO4/c1-12-2-4-13(5-3-12)22(30)20-21(14-6-9-19(29)16(25)10-14)28(24(32)23(20)31)15-7-8-17(26)18(27)11-15/h2-11,21,29-30H,1H3/b22-20+. The number of nitrogens with zero attached hydrogens (tertiary/aromatic N) is 1. The maximum Gasteiger partial charge on any atom is 0.300 e. The lowest BCUT2D eigenvalue weighted by molar-refractivity contribution is -0.132. The lowest BCUT2D eigenvalue weighted by Gasteiger charge is -2.25. The summed E-state index contributed by atoms with van der Waals surface area (Å²) in [6, 6.07) is 12.3. The molecule has 32 heavy (non-hydrogen) atoms. The van der Waals surface area contributed by atoms with E-state index in [1.165, 1.54) is 18.2 Å². The molecule has 1 atom stereocenters. The molecule has 3 aromatic rings. The minimum absolute atomic E-state index is 0.0475. The molecule has 2 N–H and O–H groups in total. The van der Waals surface area contributed by atoms with Crippen LogP contribution in [0, 0.1) is 18.6 Å². The number of aliphatic hydroxyl groups excluding tert-OH is 1. The van der Waals surface area contributed by atoms with E-state index in [1.54, 1.807) is 24.3 Å². The number of phenols is 1. The zero-order valence-electron chi connectivity index (χ0n) is 16.6. The second-order valence-electron chi connectivity index (χ2n) is 7.34. The number of halogens is 3. The van der Waals surface area contributed by atoms with E-state index in [2.05, 4.69) is 0 Å². The van der Waals surface area contributed by atoms with Crippen molar-refractivity contribution in [3.05, 3.63) is 99.6 Å². The zero-order chi connectivity index (χ0) is 23.2. The maximum atomic E-state index is 13.9. The van der Waals surface area contributed by atoms with Crippen molar-refractivity contribution in [2.24, 2.45) is 0 Å². The number of amides is 1. The Morgan fingerprint density at radius 1 is 0.969 bits per heavy atom. The average molecular weight is 456 g/mol. The third kappa shape index (κ3) is 3.61. The Kier molecular flexibility index (Phi) is 5.44. The lowest BCUT2D eigenvalue weighted by atomic mass is 9.94. The van der Waals surface area contributed by atoms with Gasteiger partial charge >= 0.3 is 0 Å². The van der Waals surface area contributed by atoms with E-state index in [9.17, 15) is 28.6 Å². The fraction of sp³-hybridized carbons (Fsp3) is 0.0833. The van der Waals surface area contributed by atoms with Gasteiger partial charge in [0.05, 0.1) is 16.6 Å². The number of rotatable bonds is 3. The Morgan fingerprint density at radius 3 is 2.28 bits per heavy atom. The Hall–Kier alpha value is -3.71. The van der Waals surface area contributed by atoms with Gasteiger partial charge in [-0.15, -0.1) is 0 Å². The molecule has 4 rings (SSSR count). The van der Waals surface area contributed by atoms with Gasteiger partial charge in [0.1, 0.15) is 11.5 Å². The molecule has 0 spiro atoms. The predicted octanol–water partition coefficient (Wildman–Crippen LogP) is 5.26. The summed E-state index contributed by atoms with van der Waals surface area (Å²) in [5.41, 5.74) is 1.18. The average Bonchev–Trinajstić information content (AvgIpc) is 3.03. The number of carbonyl (C=O) groups is 2. The van der Waals surface area contributed by atoms with Gasteiger partial charge in [0.15, 0.2) is 11.6 Å². The molecule has 1 aliphatic heterocycles. The van der Waals surface area contributed by atoms with Crippen molar-refractivity contribution in [2.45, 2.75) is 13.0 Å². The van der Waals surface area contributed by atoms with Crippen LogP contribution in [0.2, 0.25) is 5.02 Å². The number of aliphatic hydroxyl groups is 1. The van der Waals surface area contributed by atoms with Crippen molar-refractivity contribution >= 4 is 34.7 Å². The smallest absolute Gasteiger partial charge is 0.300 e. The molecule has 1 aliphatic rings. The van der Waals surface area contributed by atoms with Crippen LogP contribution in [0.5, 0.6) is 5.75 Å². The fourth-order valence-electron chi connectivity index (χ4n) is 3.61. The van der Waals surface area contributed by atoms with E-state index in [4.69, 9.17) is 11.6 Å². The van der Waals surface area contributed by atoms with Crippen molar-refractivity contribution in [2.75, 3.05) is 4.90 Å².